The van der Waals surface area contributed by atoms with Crippen molar-refractivity contribution in [1.29, 1.82) is 0 Å². The van der Waals surface area contributed by atoms with Crippen molar-refractivity contribution in [2.75, 3.05) is 11.9 Å². The quantitative estimate of drug-likeness (QED) is 0.371. The maximum absolute atomic E-state index is 14.3. The van der Waals surface area contributed by atoms with Crippen molar-refractivity contribution in [1.82, 2.24) is 9.97 Å². The molecule has 4 N–H and O–H groups in total. The molecule has 2 aromatic carbocycles. The number of fused-ring (bicyclic) bond motifs is 2. The minimum atomic E-state index is -5.32. The number of nitrogens with one attached hydrogen (secondary N) is 1. The van der Waals surface area contributed by atoms with Crippen LogP contribution in [0.25, 0.3) is 10.9 Å². The number of aromatic hydroxyl groups is 1. The molecular formula is C23H21ClF5N3O3. The summed E-state index contributed by atoms with van der Waals surface area (Å²) >= 11 is 5.99. The highest BCUT2D eigenvalue weighted by molar-refractivity contribution is 6.32. The van der Waals surface area contributed by atoms with Crippen LogP contribution in [0.1, 0.15) is 37.2 Å². The van der Waals surface area contributed by atoms with Crippen LogP contribution in [0.3, 0.4) is 0 Å². The van der Waals surface area contributed by atoms with Crippen molar-refractivity contribution < 1.29 is 37.3 Å². The third kappa shape index (κ3) is 3.68. The summed E-state index contributed by atoms with van der Waals surface area (Å²) in [5.74, 6) is -3.00. The highest BCUT2D eigenvalue weighted by Crippen LogP contribution is 2.58. The number of anilines is 1. The number of hydrogen-bond donors (Lipinski definition) is 4. The molecule has 0 fully saturated rings. The Morgan fingerprint density at radius 2 is 1.83 bits per heavy atom. The van der Waals surface area contributed by atoms with Crippen LogP contribution in [0.5, 0.6) is 5.75 Å². The summed E-state index contributed by atoms with van der Waals surface area (Å²) in [5.41, 5.74) is -9.32. The summed E-state index contributed by atoms with van der Waals surface area (Å²) in [7, 11) is 0. The summed E-state index contributed by atoms with van der Waals surface area (Å²) in [5, 5.41) is 35.4. The summed E-state index contributed by atoms with van der Waals surface area (Å²) < 4.78 is 71.5. The number of nitrogens with zero attached hydrogens (tertiary/aromatic N) is 2. The molecule has 0 amide bonds. The SMILES string of the molecule is Cc1ncc2c(NCC3(O)c4ccc(Cl)c(O)c4C(C)(C)CC3(O)C(F)(F)F)cc(F)c(F)c2n1. The Bertz CT molecular complexity index is 1350. The van der Waals surface area contributed by atoms with Crippen molar-refractivity contribution in [3.63, 3.8) is 0 Å². The maximum atomic E-state index is 14.3. The molecule has 188 valence electrons. The lowest BCUT2D eigenvalue weighted by atomic mass is 9.58. The highest BCUT2D eigenvalue weighted by Gasteiger charge is 2.71. The van der Waals surface area contributed by atoms with Crippen LogP contribution in [0, 0.1) is 18.6 Å². The van der Waals surface area contributed by atoms with Crippen LogP contribution in [0.15, 0.2) is 24.4 Å². The van der Waals surface area contributed by atoms with Gasteiger partial charge in [0.05, 0.1) is 11.6 Å². The first-order valence-corrected chi connectivity index (χ1v) is 10.8. The van der Waals surface area contributed by atoms with Crippen LogP contribution >= 0.6 is 11.6 Å². The van der Waals surface area contributed by atoms with Crippen LogP contribution in [0.2, 0.25) is 5.02 Å². The van der Waals surface area contributed by atoms with Gasteiger partial charge in [-0.05, 0) is 30.4 Å². The molecule has 0 bridgehead atoms. The monoisotopic (exact) mass is 517 g/mol. The number of halogens is 6. The molecule has 1 aliphatic carbocycles. The third-order valence-electron chi connectivity index (χ3n) is 6.52. The summed E-state index contributed by atoms with van der Waals surface area (Å²) in [6.07, 6.45) is -5.18. The van der Waals surface area contributed by atoms with Gasteiger partial charge in [0.2, 0.25) is 0 Å². The fourth-order valence-electron chi connectivity index (χ4n) is 4.85. The highest BCUT2D eigenvalue weighted by atomic mass is 35.5. The Labute approximate surface area is 201 Å². The van der Waals surface area contributed by atoms with E-state index in [4.69, 9.17) is 11.6 Å². The zero-order valence-electron chi connectivity index (χ0n) is 18.7. The van der Waals surface area contributed by atoms with Crippen molar-refractivity contribution in [3.05, 3.63) is 58.0 Å². The van der Waals surface area contributed by atoms with Gasteiger partial charge in [0, 0.05) is 28.9 Å². The fourth-order valence-corrected chi connectivity index (χ4v) is 5.01. The fraction of sp³-hybridized carbons (Fsp3) is 0.391. The topological polar surface area (TPSA) is 98.5 Å². The van der Waals surface area contributed by atoms with Crippen molar-refractivity contribution in [2.24, 2.45) is 0 Å². The molecule has 2 atom stereocenters. The Kier molecular flexibility index (Phi) is 5.70. The molecule has 0 spiro atoms. The van der Waals surface area contributed by atoms with E-state index >= 15 is 0 Å². The second-order valence-electron chi connectivity index (χ2n) is 9.35. The lowest BCUT2D eigenvalue weighted by Crippen LogP contribution is -2.68. The van der Waals surface area contributed by atoms with Crippen molar-refractivity contribution >= 4 is 28.2 Å². The molecule has 0 aliphatic heterocycles. The average Bonchev–Trinajstić information content (AvgIpc) is 2.74. The number of benzene rings is 2. The van der Waals surface area contributed by atoms with E-state index in [1.807, 2.05) is 0 Å². The molecule has 4 rings (SSSR count). The van der Waals surface area contributed by atoms with Gasteiger partial charge in [0.1, 0.15) is 22.7 Å². The molecular weight excluding hydrogens is 497 g/mol. The third-order valence-corrected chi connectivity index (χ3v) is 6.83. The van der Waals surface area contributed by atoms with E-state index in [-0.39, 0.29) is 27.5 Å². The van der Waals surface area contributed by atoms with Gasteiger partial charge in [-0.1, -0.05) is 31.5 Å². The number of aryl methyl sites for hydroxylation is 1. The van der Waals surface area contributed by atoms with Gasteiger partial charge in [-0.2, -0.15) is 13.2 Å². The zero-order chi connectivity index (χ0) is 26.1. The van der Waals surface area contributed by atoms with Crippen LogP contribution in [-0.2, 0) is 11.0 Å². The van der Waals surface area contributed by atoms with Crippen molar-refractivity contribution in [2.45, 2.75) is 50.0 Å². The van der Waals surface area contributed by atoms with Crippen LogP contribution in [0.4, 0.5) is 27.6 Å². The average molecular weight is 518 g/mol. The molecule has 1 aromatic heterocycles. The van der Waals surface area contributed by atoms with Gasteiger partial charge in [-0.25, -0.2) is 18.7 Å². The molecule has 0 saturated carbocycles. The first kappa shape index (κ1) is 25.3. The Morgan fingerprint density at radius 1 is 1.17 bits per heavy atom. The van der Waals surface area contributed by atoms with E-state index in [1.54, 1.807) is 0 Å². The molecule has 0 saturated heterocycles. The summed E-state index contributed by atoms with van der Waals surface area (Å²) in [6.45, 7) is 3.19. The predicted molar refractivity (Wildman–Crippen MR) is 118 cm³/mol. The van der Waals surface area contributed by atoms with E-state index in [0.29, 0.717) is 6.07 Å². The van der Waals surface area contributed by atoms with Gasteiger partial charge in [0.25, 0.3) is 0 Å². The number of phenolic OH excluding ortho intramolecular Hbond substituents is 1. The molecule has 1 heterocycles. The Balaban J connectivity index is 1.91. The van der Waals surface area contributed by atoms with Crippen LogP contribution < -0.4 is 5.32 Å². The number of alkyl halides is 3. The summed E-state index contributed by atoms with van der Waals surface area (Å²) in [6, 6.07) is 2.88. The minimum absolute atomic E-state index is 0.0519. The lowest BCUT2D eigenvalue weighted by molar-refractivity contribution is -0.330. The van der Waals surface area contributed by atoms with Crippen molar-refractivity contribution in [3.8, 4) is 5.75 Å². The Morgan fingerprint density at radius 3 is 2.46 bits per heavy atom. The van der Waals surface area contributed by atoms with Gasteiger partial charge in [-0.15, -0.1) is 0 Å². The van der Waals surface area contributed by atoms with E-state index in [1.165, 1.54) is 20.8 Å². The smallest absolute Gasteiger partial charge is 0.420 e. The number of hydrogen-bond acceptors (Lipinski definition) is 6. The van der Waals surface area contributed by atoms with Gasteiger partial charge in [0.15, 0.2) is 17.2 Å². The first-order valence-electron chi connectivity index (χ1n) is 10.4. The normalized spacial score (nSPS) is 23.9. The first-order chi connectivity index (χ1) is 16.0. The molecule has 6 nitrogen and oxygen atoms in total. The molecule has 12 heteroatoms. The molecule has 3 aromatic rings. The van der Waals surface area contributed by atoms with Crippen LogP contribution in [-0.4, -0.2) is 43.6 Å². The molecule has 0 radical (unpaired) electrons. The Hall–Kier alpha value is -2.76. The minimum Gasteiger partial charge on any atom is -0.506 e. The second-order valence-corrected chi connectivity index (χ2v) is 9.76. The van der Waals surface area contributed by atoms with E-state index in [2.05, 4.69) is 15.3 Å². The largest absolute Gasteiger partial charge is 0.506 e. The van der Waals surface area contributed by atoms with Gasteiger partial charge >= 0.3 is 6.18 Å². The molecule has 1 aliphatic rings. The maximum Gasteiger partial charge on any atom is 0.420 e. The lowest BCUT2D eigenvalue weighted by Gasteiger charge is -2.53. The van der Waals surface area contributed by atoms with E-state index in [0.717, 1.165) is 18.3 Å². The van der Waals surface area contributed by atoms with Gasteiger partial charge in [-0.3, -0.25) is 0 Å². The number of rotatable bonds is 3. The predicted octanol–water partition coefficient (Wildman–Crippen LogP) is 4.85. The molecule has 2 unspecified atom stereocenters. The van der Waals surface area contributed by atoms with E-state index < -0.39 is 64.2 Å². The second kappa shape index (κ2) is 7.87. The number of aromatic nitrogens is 2. The zero-order valence-corrected chi connectivity index (χ0v) is 19.5. The standard InChI is InChI=1S/C23H21ClF5N3O3/c1-10-30-7-11-15(6-14(25)17(26)18(11)32-10)31-9-21(34)12-4-5-13(24)19(33)16(12)20(2,3)8-22(21,35)23(27,28)29/h4-7,31,33-35H,8-9H2,1-3H3. The summed E-state index contributed by atoms with van der Waals surface area (Å²) in [4.78, 5) is 7.76. The number of phenols is 1. The number of aliphatic hydroxyl groups is 2. The van der Waals surface area contributed by atoms with Gasteiger partial charge < -0.3 is 20.6 Å². The van der Waals surface area contributed by atoms with E-state index in [9.17, 15) is 37.3 Å². The molecule has 35 heavy (non-hydrogen) atoms.